The van der Waals surface area contributed by atoms with E-state index < -0.39 is 0 Å². The molecule has 5 nitrogen and oxygen atoms in total. The third-order valence-corrected chi connectivity index (χ3v) is 6.09. The molecule has 0 unspecified atom stereocenters. The highest BCUT2D eigenvalue weighted by Crippen LogP contribution is 2.29. The van der Waals surface area contributed by atoms with Gasteiger partial charge in [-0.1, -0.05) is 66.4 Å². The first kappa shape index (κ1) is 21.1. The standard InChI is InChI=1S/C24H18BrN3O2S/c25-18-12-13-23(26-15-18)31-21-11-4-3-10-20(21)24(30)28-27-22(29)14-17-8-5-7-16-6-1-2-9-19(16)17/h1-13,15H,14H2,(H,27,29)(H,28,30). The van der Waals surface area contributed by atoms with Gasteiger partial charge in [-0.05, 0) is 56.5 Å². The molecule has 3 aromatic carbocycles. The zero-order chi connectivity index (χ0) is 21.6. The molecule has 4 rings (SSSR count). The van der Waals surface area contributed by atoms with E-state index in [4.69, 9.17) is 0 Å². The Morgan fingerprint density at radius 3 is 2.48 bits per heavy atom. The molecular formula is C24H18BrN3O2S. The van der Waals surface area contributed by atoms with Gasteiger partial charge in [-0.2, -0.15) is 0 Å². The minimum Gasteiger partial charge on any atom is -0.273 e. The second-order valence-corrected chi connectivity index (χ2v) is 8.71. The number of rotatable bonds is 5. The number of fused-ring (bicyclic) bond motifs is 1. The highest BCUT2D eigenvalue weighted by atomic mass is 79.9. The highest BCUT2D eigenvalue weighted by molar-refractivity contribution is 9.10. The molecule has 2 N–H and O–H groups in total. The van der Waals surface area contributed by atoms with Crippen molar-refractivity contribution in [1.29, 1.82) is 0 Å². The molecule has 1 heterocycles. The summed E-state index contributed by atoms with van der Waals surface area (Å²) in [6, 6.07) is 24.7. The number of benzene rings is 3. The van der Waals surface area contributed by atoms with E-state index in [9.17, 15) is 9.59 Å². The van der Waals surface area contributed by atoms with Gasteiger partial charge in [0.05, 0.1) is 12.0 Å². The first-order chi connectivity index (χ1) is 15.1. The van der Waals surface area contributed by atoms with E-state index in [0.29, 0.717) is 5.56 Å². The van der Waals surface area contributed by atoms with Crippen molar-refractivity contribution in [2.24, 2.45) is 0 Å². The Morgan fingerprint density at radius 1 is 0.871 bits per heavy atom. The molecule has 1 aromatic heterocycles. The van der Waals surface area contributed by atoms with Crippen LogP contribution in [0.4, 0.5) is 0 Å². The highest BCUT2D eigenvalue weighted by Gasteiger charge is 2.14. The summed E-state index contributed by atoms with van der Waals surface area (Å²) in [6.07, 6.45) is 1.87. The molecule has 0 aliphatic carbocycles. The lowest BCUT2D eigenvalue weighted by Gasteiger charge is -2.11. The van der Waals surface area contributed by atoms with Crippen LogP contribution in [0.25, 0.3) is 10.8 Å². The number of hydrogen-bond acceptors (Lipinski definition) is 4. The van der Waals surface area contributed by atoms with Crippen molar-refractivity contribution in [1.82, 2.24) is 15.8 Å². The number of hydrogen-bond donors (Lipinski definition) is 2. The van der Waals surface area contributed by atoms with Gasteiger partial charge in [0.1, 0.15) is 5.03 Å². The van der Waals surface area contributed by atoms with Crippen LogP contribution in [0.5, 0.6) is 0 Å². The molecule has 0 saturated heterocycles. The Morgan fingerprint density at radius 2 is 1.65 bits per heavy atom. The number of aromatic nitrogens is 1. The maximum Gasteiger partial charge on any atom is 0.270 e. The van der Waals surface area contributed by atoms with Crippen LogP contribution in [0, 0.1) is 0 Å². The van der Waals surface area contributed by atoms with Crippen molar-refractivity contribution in [3.05, 3.63) is 101 Å². The lowest BCUT2D eigenvalue weighted by atomic mass is 10.0. The number of carbonyl (C=O) groups is 2. The fraction of sp³-hybridized carbons (Fsp3) is 0.0417. The molecule has 0 radical (unpaired) electrons. The van der Waals surface area contributed by atoms with Gasteiger partial charge in [0.25, 0.3) is 5.91 Å². The number of halogens is 1. The SMILES string of the molecule is O=C(Cc1cccc2ccccc12)NNC(=O)c1ccccc1Sc1ccc(Br)cn1. The number of pyridine rings is 1. The van der Waals surface area contributed by atoms with Crippen LogP contribution < -0.4 is 10.9 Å². The Bertz CT molecular complexity index is 1240. The van der Waals surface area contributed by atoms with Gasteiger partial charge in [0.15, 0.2) is 0 Å². The molecule has 0 spiro atoms. The number of carbonyl (C=O) groups excluding carboxylic acids is 2. The van der Waals surface area contributed by atoms with Crippen molar-refractivity contribution in [3.63, 3.8) is 0 Å². The molecule has 0 aliphatic rings. The van der Waals surface area contributed by atoms with Crippen LogP contribution in [0.15, 0.2) is 99.5 Å². The average Bonchev–Trinajstić information content (AvgIpc) is 2.80. The maximum absolute atomic E-state index is 12.7. The molecule has 0 aliphatic heterocycles. The topological polar surface area (TPSA) is 71.1 Å². The Balaban J connectivity index is 1.42. The normalized spacial score (nSPS) is 10.6. The van der Waals surface area contributed by atoms with E-state index >= 15 is 0 Å². The molecule has 4 aromatic rings. The lowest BCUT2D eigenvalue weighted by Crippen LogP contribution is -2.42. The molecule has 0 saturated carbocycles. The number of amides is 2. The van der Waals surface area contributed by atoms with Gasteiger partial charge < -0.3 is 0 Å². The summed E-state index contributed by atoms with van der Waals surface area (Å²) in [5.41, 5.74) is 6.41. The summed E-state index contributed by atoms with van der Waals surface area (Å²) in [6.45, 7) is 0. The van der Waals surface area contributed by atoms with Gasteiger partial charge in [-0.15, -0.1) is 0 Å². The van der Waals surface area contributed by atoms with Crippen LogP contribution in [0.3, 0.4) is 0 Å². The van der Waals surface area contributed by atoms with Crippen molar-refractivity contribution in [2.75, 3.05) is 0 Å². The van der Waals surface area contributed by atoms with Crippen LogP contribution in [0.2, 0.25) is 0 Å². The molecular weight excluding hydrogens is 474 g/mol. The number of hydrazine groups is 1. The van der Waals surface area contributed by atoms with E-state index in [1.54, 1.807) is 18.3 Å². The van der Waals surface area contributed by atoms with Gasteiger partial charge in [0, 0.05) is 15.6 Å². The summed E-state index contributed by atoms with van der Waals surface area (Å²) in [5.74, 6) is -0.670. The van der Waals surface area contributed by atoms with Gasteiger partial charge in [0.2, 0.25) is 5.91 Å². The van der Waals surface area contributed by atoms with E-state index in [0.717, 1.165) is 30.7 Å². The van der Waals surface area contributed by atoms with Crippen LogP contribution in [0.1, 0.15) is 15.9 Å². The van der Waals surface area contributed by atoms with Gasteiger partial charge in [-0.25, -0.2) is 4.98 Å². The third-order valence-electron chi connectivity index (χ3n) is 4.59. The molecule has 7 heteroatoms. The Labute approximate surface area is 192 Å². The Hall–Kier alpha value is -3.16. The second kappa shape index (κ2) is 9.76. The average molecular weight is 492 g/mol. The summed E-state index contributed by atoms with van der Waals surface area (Å²) >= 11 is 4.75. The largest absolute Gasteiger partial charge is 0.273 e. The fourth-order valence-corrected chi connectivity index (χ4v) is 4.25. The minimum atomic E-state index is -0.383. The predicted molar refractivity (Wildman–Crippen MR) is 126 cm³/mol. The molecule has 0 fully saturated rings. The quantitative estimate of drug-likeness (QED) is 0.378. The first-order valence-corrected chi connectivity index (χ1v) is 11.2. The zero-order valence-electron chi connectivity index (χ0n) is 16.3. The number of nitrogens with one attached hydrogen (secondary N) is 2. The van der Waals surface area contributed by atoms with Crippen LogP contribution in [-0.2, 0) is 11.2 Å². The van der Waals surface area contributed by atoms with E-state index in [1.807, 2.05) is 66.7 Å². The Kier molecular flexibility index (Phi) is 6.64. The second-order valence-electron chi connectivity index (χ2n) is 6.73. The number of nitrogens with zero attached hydrogens (tertiary/aromatic N) is 1. The van der Waals surface area contributed by atoms with E-state index in [1.165, 1.54) is 11.8 Å². The van der Waals surface area contributed by atoms with Gasteiger partial charge >= 0.3 is 0 Å². The molecule has 0 bridgehead atoms. The smallest absolute Gasteiger partial charge is 0.270 e. The van der Waals surface area contributed by atoms with Crippen molar-refractivity contribution in [3.8, 4) is 0 Å². The molecule has 31 heavy (non-hydrogen) atoms. The van der Waals surface area contributed by atoms with Crippen LogP contribution in [-0.4, -0.2) is 16.8 Å². The first-order valence-electron chi connectivity index (χ1n) is 9.54. The zero-order valence-corrected chi connectivity index (χ0v) is 18.7. The van der Waals surface area contributed by atoms with E-state index in [2.05, 4.69) is 31.8 Å². The van der Waals surface area contributed by atoms with Crippen molar-refractivity contribution < 1.29 is 9.59 Å². The molecule has 154 valence electrons. The fourth-order valence-electron chi connectivity index (χ4n) is 3.14. The molecule has 0 atom stereocenters. The van der Waals surface area contributed by atoms with Crippen molar-refractivity contribution in [2.45, 2.75) is 16.3 Å². The summed E-state index contributed by atoms with van der Waals surface area (Å²) in [4.78, 5) is 30.2. The molecule has 2 amide bonds. The third kappa shape index (κ3) is 5.31. The summed E-state index contributed by atoms with van der Waals surface area (Å²) in [5, 5.41) is 2.86. The lowest BCUT2D eigenvalue weighted by molar-refractivity contribution is -0.121. The van der Waals surface area contributed by atoms with E-state index in [-0.39, 0.29) is 18.2 Å². The minimum absolute atomic E-state index is 0.168. The maximum atomic E-state index is 12.7. The predicted octanol–water partition coefficient (Wildman–Crippen LogP) is 5.15. The summed E-state index contributed by atoms with van der Waals surface area (Å²) < 4.78 is 0.886. The summed E-state index contributed by atoms with van der Waals surface area (Å²) in [7, 11) is 0. The van der Waals surface area contributed by atoms with Crippen LogP contribution >= 0.6 is 27.7 Å². The van der Waals surface area contributed by atoms with Crippen molar-refractivity contribution >= 4 is 50.3 Å². The van der Waals surface area contributed by atoms with Gasteiger partial charge in [-0.3, -0.25) is 20.4 Å². The monoisotopic (exact) mass is 491 g/mol.